The van der Waals surface area contributed by atoms with Crippen molar-refractivity contribution in [1.82, 2.24) is 9.47 Å². The number of carbonyl (C=O) groups excluding carboxylic acids is 1. The minimum absolute atomic E-state index is 0.247. The van der Waals surface area contributed by atoms with Gasteiger partial charge >= 0.3 is 0 Å². The molecule has 0 unspecified atom stereocenters. The van der Waals surface area contributed by atoms with E-state index >= 15 is 0 Å². The second-order valence-electron chi connectivity index (χ2n) is 8.17. The number of benzene rings is 2. The molecule has 0 bridgehead atoms. The number of hydrogen-bond acceptors (Lipinski definition) is 2. The number of hydrogen-bond donors (Lipinski definition) is 0. The van der Waals surface area contributed by atoms with Crippen molar-refractivity contribution in [3.05, 3.63) is 88.7 Å². The van der Waals surface area contributed by atoms with Crippen LogP contribution >= 0.6 is 27.7 Å². The number of carbonyl (C=O) groups is 1. The first kappa shape index (κ1) is 22.2. The van der Waals surface area contributed by atoms with E-state index in [2.05, 4.69) is 80.1 Å². The Morgan fingerprint density at radius 1 is 0.968 bits per heavy atom. The van der Waals surface area contributed by atoms with Gasteiger partial charge in [0.25, 0.3) is 0 Å². The van der Waals surface area contributed by atoms with Crippen LogP contribution in [0.4, 0.5) is 0 Å². The molecule has 1 amide bonds. The van der Waals surface area contributed by atoms with Crippen LogP contribution in [0.15, 0.2) is 82.3 Å². The summed E-state index contributed by atoms with van der Waals surface area (Å²) in [6.45, 7) is 1.50. The largest absolute Gasteiger partial charge is 0.345 e. The molecule has 1 aliphatic carbocycles. The molecule has 1 fully saturated rings. The molecule has 1 heterocycles. The van der Waals surface area contributed by atoms with E-state index in [1.807, 2.05) is 18.2 Å². The zero-order valence-electron chi connectivity index (χ0n) is 17.8. The molecule has 4 rings (SSSR count). The highest BCUT2D eigenvalue weighted by Gasteiger charge is 2.26. The molecule has 0 N–H and O–H groups in total. The summed E-state index contributed by atoms with van der Waals surface area (Å²) in [7, 11) is 0. The third-order valence-corrected chi connectivity index (χ3v) is 7.49. The van der Waals surface area contributed by atoms with Gasteiger partial charge in [0.1, 0.15) is 0 Å². The van der Waals surface area contributed by atoms with Crippen LogP contribution in [0, 0.1) is 0 Å². The van der Waals surface area contributed by atoms with Gasteiger partial charge in [0, 0.05) is 33.8 Å². The van der Waals surface area contributed by atoms with Gasteiger partial charge in [-0.25, -0.2) is 0 Å². The van der Waals surface area contributed by atoms with Crippen LogP contribution in [0.5, 0.6) is 0 Å². The normalized spacial score (nSPS) is 14.5. The molecule has 5 heteroatoms. The maximum Gasteiger partial charge on any atom is 0.233 e. The monoisotopic (exact) mass is 496 g/mol. The first-order valence-electron chi connectivity index (χ1n) is 11.0. The summed E-state index contributed by atoms with van der Waals surface area (Å²) in [4.78, 5) is 16.6. The van der Waals surface area contributed by atoms with Crippen LogP contribution in [0.1, 0.15) is 43.4 Å². The molecule has 3 aromatic rings. The highest BCUT2D eigenvalue weighted by Crippen LogP contribution is 2.26. The third-order valence-electron chi connectivity index (χ3n) is 5.96. The van der Waals surface area contributed by atoms with E-state index in [9.17, 15) is 4.79 Å². The van der Waals surface area contributed by atoms with E-state index in [0.717, 1.165) is 28.8 Å². The molecule has 0 radical (unpaired) electrons. The van der Waals surface area contributed by atoms with Crippen molar-refractivity contribution in [3.8, 4) is 0 Å². The van der Waals surface area contributed by atoms with Gasteiger partial charge in [-0.3, -0.25) is 4.79 Å². The Morgan fingerprint density at radius 2 is 1.71 bits per heavy atom. The summed E-state index contributed by atoms with van der Waals surface area (Å²) in [5, 5.41) is 0. The molecule has 0 aliphatic heterocycles. The van der Waals surface area contributed by atoms with Crippen LogP contribution in [-0.2, 0) is 17.9 Å². The SMILES string of the molecule is O=C(CSc1ccccc1)N(Cc1cccn1Cc1ccc(Br)cc1)C1CCCCC1. The number of rotatable bonds is 8. The average Bonchev–Trinajstić information content (AvgIpc) is 3.25. The van der Waals surface area contributed by atoms with E-state index in [1.54, 1.807) is 11.8 Å². The molecule has 162 valence electrons. The Hall–Kier alpha value is -1.98. The van der Waals surface area contributed by atoms with Crippen LogP contribution in [0.3, 0.4) is 0 Å². The van der Waals surface area contributed by atoms with Crippen LogP contribution in [0.2, 0.25) is 0 Å². The fraction of sp³-hybridized carbons (Fsp3) is 0.346. The van der Waals surface area contributed by atoms with Crippen LogP contribution in [0.25, 0.3) is 0 Å². The van der Waals surface area contributed by atoms with Crippen molar-refractivity contribution in [1.29, 1.82) is 0 Å². The first-order valence-corrected chi connectivity index (χ1v) is 12.8. The van der Waals surface area contributed by atoms with Gasteiger partial charge in [-0.1, -0.05) is 65.5 Å². The molecule has 3 nitrogen and oxygen atoms in total. The highest BCUT2D eigenvalue weighted by atomic mass is 79.9. The van der Waals surface area contributed by atoms with E-state index < -0.39 is 0 Å². The quantitative estimate of drug-likeness (QED) is 0.322. The van der Waals surface area contributed by atoms with Crippen LogP contribution < -0.4 is 0 Å². The number of nitrogens with zero attached hydrogens (tertiary/aromatic N) is 2. The second kappa shape index (κ2) is 11.1. The summed E-state index contributed by atoms with van der Waals surface area (Å²) < 4.78 is 3.37. The Balaban J connectivity index is 1.47. The Bertz CT molecular complexity index is 965. The molecule has 1 aromatic heterocycles. The predicted octanol–water partition coefficient (Wildman–Crippen LogP) is 6.75. The van der Waals surface area contributed by atoms with Gasteiger partial charge in [-0.2, -0.15) is 0 Å². The number of amides is 1. The van der Waals surface area contributed by atoms with Crippen molar-refractivity contribution in [3.63, 3.8) is 0 Å². The molecule has 0 spiro atoms. The summed E-state index contributed by atoms with van der Waals surface area (Å²) in [5.74, 6) is 0.741. The van der Waals surface area contributed by atoms with Crippen molar-refractivity contribution in [2.45, 2.75) is 56.1 Å². The zero-order valence-corrected chi connectivity index (χ0v) is 20.2. The van der Waals surface area contributed by atoms with Crippen LogP contribution in [-0.4, -0.2) is 27.2 Å². The van der Waals surface area contributed by atoms with E-state index in [0.29, 0.717) is 18.3 Å². The van der Waals surface area contributed by atoms with Gasteiger partial charge in [0.2, 0.25) is 5.91 Å². The highest BCUT2D eigenvalue weighted by molar-refractivity contribution is 9.10. The molecule has 1 saturated carbocycles. The average molecular weight is 498 g/mol. The standard InChI is InChI=1S/C26H29BrN2OS/c27-22-15-13-21(14-16-22)18-28-17-7-10-24(28)19-29(23-8-3-1-4-9-23)26(30)20-31-25-11-5-2-6-12-25/h2,5-7,10-17,23H,1,3-4,8-9,18-20H2. The van der Waals surface area contributed by atoms with Crippen molar-refractivity contribution in [2.24, 2.45) is 0 Å². The maximum absolute atomic E-state index is 13.3. The topological polar surface area (TPSA) is 25.2 Å². The molecular weight excluding hydrogens is 468 g/mol. The minimum atomic E-state index is 0.247. The minimum Gasteiger partial charge on any atom is -0.345 e. The molecule has 31 heavy (non-hydrogen) atoms. The molecule has 0 atom stereocenters. The lowest BCUT2D eigenvalue weighted by Gasteiger charge is -2.34. The fourth-order valence-corrected chi connectivity index (χ4v) is 5.34. The molecule has 0 saturated heterocycles. The molecule has 1 aliphatic rings. The van der Waals surface area contributed by atoms with Gasteiger partial charge in [-0.05, 0) is 54.8 Å². The molecule has 2 aromatic carbocycles. The Morgan fingerprint density at radius 3 is 2.45 bits per heavy atom. The Kier molecular flexibility index (Phi) is 7.92. The van der Waals surface area contributed by atoms with Crippen molar-refractivity contribution in [2.75, 3.05) is 5.75 Å². The van der Waals surface area contributed by atoms with Crippen molar-refractivity contribution < 1.29 is 4.79 Å². The Labute approximate surface area is 198 Å². The summed E-state index contributed by atoms with van der Waals surface area (Å²) >= 11 is 5.15. The number of halogens is 1. The second-order valence-corrected chi connectivity index (χ2v) is 10.1. The lowest BCUT2D eigenvalue weighted by atomic mass is 9.94. The smallest absolute Gasteiger partial charge is 0.233 e. The van der Waals surface area contributed by atoms with Gasteiger partial charge < -0.3 is 9.47 Å². The summed E-state index contributed by atoms with van der Waals surface area (Å²) in [6.07, 6.45) is 8.10. The molecular formula is C26H29BrN2OS. The summed E-state index contributed by atoms with van der Waals surface area (Å²) in [5.41, 5.74) is 2.46. The third kappa shape index (κ3) is 6.27. The fourth-order valence-electron chi connectivity index (χ4n) is 4.27. The van der Waals surface area contributed by atoms with Gasteiger partial charge in [-0.15, -0.1) is 11.8 Å². The van der Waals surface area contributed by atoms with Gasteiger partial charge in [0.05, 0.1) is 12.3 Å². The number of thioether (sulfide) groups is 1. The van der Waals surface area contributed by atoms with Gasteiger partial charge in [0.15, 0.2) is 0 Å². The maximum atomic E-state index is 13.3. The lowest BCUT2D eigenvalue weighted by Crippen LogP contribution is -2.42. The van der Waals surface area contributed by atoms with E-state index in [-0.39, 0.29) is 5.91 Å². The van der Waals surface area contributed by atoms with E-state index in [1.165, 1.54) is 30.5 Å². The van der Waals surface area contributed by atoms with Crippen molar-refractivity contribution >= 4 is 33.6 Å². The first-order chi connectivity index (χ1) is 15.2. The summed E-state index contributed by atoms with van der Waals surface area (Å²) in [6, 6.07) is 23.3. The predicted molar refractivity (Wildman–Crippen MR) is 132 cm³/mol. The van der Waals surface area contributed by atoms with E-state index in [4.69, 9.17) is 0 Å². The number of aromatic nitrogens is 1. The zero-order chi connectivity index (χ0) is 21.5. The lowest BCUT2D eigenvalue weighted by molar-refractivity contribution is -0.132.